The average molecular weight is 332 g/mol. The van der Waals surface area contributed by atoms with Gasteiger partial charge in [0, 0.05) is 24.9 Å². The number of ether oxygens (including phenoxy) is 2. The molecule has 0 aliphatic carbocycles. The van der Waals surface area contributed by atoms with E-state index in [-0.39, 0.29) is 11.9 Å². The summed E-state index contributed by atoms with van der Waals surface area (Å²) >= 11 is 0. The van der Waals surface area contributed by atoms with E-state index >= 15 is 0 Å². The summed E-state index contributed by atoms with van der Waals surface area (Å²) in [6, 6.07) is 5.66. The molecule has 1 heterocycles. The first kappa shape index (κ1) is 17.8. The lowest BCUT2D eigenvalue weighted by Crippen LogP contribution is -2.32. The Balaban J connectivity index is 2.04. The van der Waals surface area contributed by atoms with Crippen molar-refractivity contribution < 1.29 is 18.7 Å². The summed E-state index contributed by atoms with van der Waals surface area (Å²) in [5.74, 6) is 2.49. The van der Waals surface area contributed by atoms with Crippen molar-refractivity contribution in [2.24, 2.45) is 0 Å². The van der Waals surface area contributed by atoms with Gasteiger partial charge in [-0.1, -0.05) is 6.92 Å². The van der Waals surface area contributed by atoms with E-state index in [1.54, 1.807) is 26.5 Å². The highest BCUT2D eigenvalue weighted by atomic mass is 16.5. The van der Waals surface area contributed by atoms with Crippen LogP contribution in [0.1, 0.15) is 32.6 Å². The van der Waals surface area contributed by atoms with E-state index in [1.165, 1.54) is 0 Å². The van der Waals surface area contributed by atoms with E-state index in [1.807, 2.05) is 26.0 Å². The number of hydrogen-bond donors (Lipinski definition) is 1. The minimum absolute atomic E-state index is 0.00567. The van der Waals surface area contributed by atoms with E-state index < -0.39 is 0 Å². The van der Waals surface area contributed by atoms with Gasteiger partial charge in [0.15, 0.2) is 11.7 Å². The van der Waals surface area contributed by atoms with Crippen LogP contribution >= 0.6 is 0 Å². The quantitative estimate of drug-likeness (QED) is 0.803. The van der Waals surface area contributed by atoms with Crippen LogP contribution in [0.2, 0.25) is 0 Å². The molecule has 1 aromatic carbocycles. The highest BCUT2D eigenvalue weighted by molar-refractivity contribution is 5.76. The number of carbonyl (C=O) groups excluding carboxylic acids is 1. The molecule has 1 N–H and O–H groups in total. The summed E-state index contributed by atoms with van der Waals surface area (Å²) in [4.78, 5) is 16.1. The fourth-order valence-electron chi connectivity index (χ4n) is 2.22. The number of carbonyl (C=O) groups is 1. The summed E-state index contributed by atoms with van der Waals surface area (Å²) in [7, 11) is 3.19. The molecule has 24 heavy (non-hydrogen) atoms. The number of hydrogen-bond acceptors (Lipinski definition) is 5. The molecule has 0 saturated carbocycles. The number of amides is 1. The van der Waals surface area contributed by atoms with E-state index in [0.29, 0.717) is 36.0 Å². The molecule has 1 aromatic heterocycles. The zero-order valence-electron chi connectivity index (χ0n) is 14.6. The Kier molecular flexibility index (Phi) is 6.23. The molecule has 0 fully saturated rings. The summed E-state index contributed by atoms with van der Waals surface area (Å²) < 4.78 is 16.3. The van der Waals surface area contributed by atoms with Crippen molar-refractivity contribution >= 4 is 5.91 Å². The molecule has 2 rings (SSSR count). The number of nitrogens with one attached hydrogen (secondary N) is 1. The SMILES string of the molecule is CC[C@H](C)NC(=O)CCc1ncc(-c2ccc(OC)cc2OC)o1. The van der Waals surface area contributed by atoms with Crippen LogP contribution in [0.4, 0.5) is 0 Å². The molecule has 0 aliphatic heterocycles. The molecule has 0 spiro atoms. The van der Waals surface area contributed by atoms with Crippen molar-refractivity contribution in [2.75, 3.05) is 14.2 Å². The van der Waals surface area contributed by atoms with Crippen LogP contribution in [-0.2, 0) is 11.2 Å². The summed E-state index contributed by atoms with van der Waals surface area (Å²) in [6.07, 6.45) is 3.36. The molecule has 1 amide bonds. The van der Waals surface area contributed by atoms with Crippen molar-refractivity contribution in [1.82, 2.24) is 10.3 Å². The van der Waals surface area contributed by atoms with Gasteiger partial charge in [-0.15, -0.1) is 0 Å². The van der Waals surface area contributed by atoms with E-state index in [9.17, 15) is 4.79 Å². The lowest BCUT2D eigenvalue weighted by molar-refractivity contribution is -0.121. The number of rotatable bonds is 8. The third kappa shape index (κ3) is 4.50. The number of aromatic nitrogens is 1. The molecule has 0 bridgehead atoms. The Morgan fingerprint density at radius 2 is 2.12 bits per heavy atom. The Morgan fingerprint density at radius 3 is 2.79 bits per heavy atom. The van der Waals surface area contributed by atoms with Crippen LogP contribution in [-0.4, -0.2) is 31.2 Å². The van der Waals surface area contributed by atoms with Gasteiger partial charge in [0.25, 0.3) is 0 Å². The normalized spacial score (nSPS) is 11.8. The van der Waals surface area contributed by atoms with Gasteiger partial charge in [0.1, 0.15) is 11.5 Å². The largest absolute Gasteiger partial charge is 0.497 e. The fourth-order valence-corrected chi connectivity index (χ4v) is 2.22. The highest BCUT2D eigenvalue weighted by Crippen LogP contribution is 2.33. The second-order valence-corrected chi connectivity index (χ2v) is 5.56. The smallest absolute Gasteiger partial charge is 0.220 e. The van der Waals surface area contributed by atoms with Crippen LogP contribution < -0.4 is 14.8 Å². The Hall–Kier alpha value is -2.50. The molecule has 2 aromatic rings. The van der Waals surface area contributed by atoms with E-state index in [2.05, 4.69) is 10.3 Å². The van der Waals surface area contributed by atoms with Crippen molar-refractivity contribution in [3.8, 4) is 22.8 Å². The highest BCUT2D eigenvalue weighted by Gasteiger charge is 2.14. The third-order valence-corrected chi connectivity index (χ3v) is 3.81. The molecule has 0 aliphatic rings. The summed E-state index contributed by atoms with van der Waals surface area (Å²) in [6.45, 7) is 4.02. The molecule has 1 atom stereocenters. The molecule has 130 valence electrons. The molecule has 6 nitrogen and oxygen atoms in total. The van der Waals surface area contributed by atoms with Crippen LogP contribution in [0, 0.1) is 0 Å². The van der Waals surface area contributed by atoms with E-state index in [4.69, 9.17) is 13.9 Å². The standard InChI is InChI=1S/C18H24N2O4/c1-5-12(2)20-17(21)8-9-18-19-11-16(24-18)14-7-6-13(22-3)10-15(14)23-4/h6-7,10-12H,5,8-9H2,1-4H3,(H,20,21)/t12-/m0/s1. The Labute approximate surface area is 142 Å². The lowest BCUT2D eigenvalue weighted by atomic mass is 10.1. The van der Waals surface area contributed by atoms with Gasteiger partial charge >= 0.3 is 0 Å². The molecule has 0 radical (unpaired) electrons. The maximum atomic E-state index is 11.8. The number of aryl methyl sites for hydroxylation is 1. The third-order valence-electron chi connectivity index (χ3n) is 3.81. The molecule has 6 heteroatoms. The lowest BCUT2D eigenvalue weighted by Gasteiger charge is -2.10. The molecule has 0 unspecified atom stereocenters. The number of benzene rings is 1. The maximum absolute atomic E-state index is 11.8. The van der Waals surface area contributed by atoms with E-state index in [0.717, 1.165) is 12.0 Å². The van der Waals surface area contributed by atoms with Gasteiger partial charge < -0.3 is 19.2 Å². The van der Waals surface area contributed by atoms with Gasteiger partial charge in [-0.3, -0.25) is 4.79 Å². The van der Waals surface area contributed by atoms with Crippen molar-refractivity contribution in [3.63, 3.8) is 0 Å². The second kappa shape index (κ2) is 8.38. The van der Waals surface area contributed by atoms with Gasteiger partial charge in [-0.2, -0.15) is 0 Å². The zero-order chi connectivity index (χ0) is 17.5. The number of methoxy groups -OCH3 is 2. The predicted molar refractivity (Wildman–Crippen MR) is 91.3 cm³/mol. The number of nitrogens with zero attached hydrogens (tertiary/aromatic N) is 1. The van der Waals surface area contributed by atoms with Crippen LogP contribution in [0.3, 0.4) is 0 Å². The first-order valence-electron chi connectivity index (χ1n) is 8.03. The Bertz CT molecular complexity index is 681. The predicted octanol–water partition coefficient (Wildman–Crippen LogP) is 3.21. The van der Waals surface area contributed by atoms with Gasteiger partial charge in [-0.05, 0) is 25.5 Å². The number of oxazole rings is 1. The second-order valence-electron chi connectivity index (χ2n) is 5.56. The average Bonchev–Trinajstić information content (AvgIpc) is 3.07. The van der Waals surface area contributed by atoms with Crippen LogP contribution in [0.5, 0.6) is 11.5 Å². The molecular formula is C18H24N2O4. The van der Waals surface area contributed by atoms with Gasteiger partial charge in [0.05, 0.1) is 26.0 Å². The summed E-state index contributed by atoms with van der Waals surface area (Å²) in [5, 5.41) is 2.93. The maximum Gasteiger partial charge on any atom is 0.220 e. The van der Waals surface area contributed by atoms with Crippen molar-refractivity contribution in [2.45, 2.75) is 39.2 Å². The van der Waals surface area contributed by atoms with Crippen molar-refractivity contribution in [1.29, 1.82) is 0 Å². The summed E-state index contributed by atoms with van der Waals surface area (Å²) in [5.41, 5.74) is 0.793. The topological polar surface area (TPSA) is 73.6 Å². The molecular weight excluding hydrogens is 308 g/mol. The van der Waals surface area contributed by atoms with Crippen LogP contribution in [0.25, 0.3) is 11.3 Å². The van der Waals surface area contributed by atoms with Crippen LogP contribution in [0.15, 0.2) is 28.8 Å². The van der Waals surface area contributed by atoms with Crippen molar-refractivity contribution in [3.05, 3.63) is 30.3 Å². The minimum atomic E-state index is 0.00567. The minimum Gasteiger partial charge on any atom is -0.497 e. The zero-order valence-corrected chi connectivity index (χ0v) is 14.6. The monoisotopic (exact) mass is 332 g/mol. The first-order valence-corrected chi connectivity index (χ1v) is 8.03. The Morgan fingerprint density at radius 1 is 1.33 bits per heavy atom. The van der Waals surface area contributed by atoms with Gasteiger partial charge in [0.2, 0.25) is 5.91 Å². The molecule has 0 saturated heterocycles. The fraction of sp³-hybridized carbons (Fsp3) is 0.444. The first-order chi connectivity index (χ1) is 11.6. The van der Waals surface area contributed by atoms with Gasteiger partial charge in [-0.25, -0.2) is 4.98 Å².